The highest BCUT2D eigenvalue weighted by atomic mass is 19.2. The van der Waals surface area contributed by atoms with Crippen LogP contribution in [0.2, 0.25) is 0 Å². The minimum absolute atomic E-state index is 0.0312. The van der Waals surface area contributed by atoms with Crippen molar-refractivity contribution in [2.24, 2.45) is 0 Å². The third-order valence-corrected chi connectivity index (χ3v) is 3.34. The summed E-state index contributed by atoms with van der Waals surface area (Å²) in [4.78, 5) is 20.1. The van der Waals surface area contributed by atoms with Crippen LogP contribution in [0.1, 0.15) is 16.1 Å². The summed E-state index contributed by atoms with van der Waals surface area (Å²) in [6.07, 6.45) is 1.19. The van der Waals surface area contributed by atoms with Crippen molar-refractivity contribution in [3.63, 3.8) is 0 Å². The molecule has 26 heavy (non-hydrogen) atoms. The van der Waals surface area contributed by atoms with Crippen molar-refractivity contribution < 1.29 is 13.6 Å². The van der Waals surface area contributed by atoms with Crippen LogP contribution in [-0.4, -0.2) is 15.9 Å². The standard InChI is InChI=1S/C18H11F2N5O/c19-14-5-4-13(7-15(14)20)25-18(26)16-8-17(23-10-22-16)24-12-3-1-2-11(6-12)9-21/h1-8,10H,(H,25,26)(H,22,23,24). The molecular weight excluding hydrogens is 340 g/mol. The quantitative estimate of drug-likeness (QED) is 0.749. The first-order valence-electron chi connectivity index (χ1n) is 7.41. The summed E-state index contributed by atoms with van der Waals surface area (Å²) in [6.45, 7) is 0. The maximum atomic E-state index is 13.2. The van der Waals surface area contributed by atoms with E-state index in [0.29, 0.717) is 17.1 Å². The molecule has 3 rings (SSSR count). The number of nitrogens with zero attached hydrogens (tertiary/aromatic N) is 3. The van der Waals surface area contributed by atoms with Crippen LogP contribution in [0.4, 0.5) is 26.0 Å². The van der Waals surface area contributed by atoms with E-state index in [1.807, 2.05) is 6.07 Å². The molecule has 0 saturated heterocycles. The second kappa shape index (κ2) is 7.36. The van der Waals surface area contributed by atoms with E-state index in [-0.39, 0.29) is 11.4 Å². The fraction of sp³-hybridized carbons (Fsp3) is 0. The van der Waals surface area contributed by atoms with Gasteiger partial charge in [0.15, 0.2) is 11.6 Å². The summed E-state index contributed by atoms with van der Waals surface area (Å²) in [5, 5.41) is 14.3. The van der Waals surface area contributed by atoms with Crippen LogP contribution in [0.5, 0.6) is 0 Å². The first kappa shape index (κ1) is 17.0. The van der Waals surface area contributed by atoms with E-state index in [1.54, 1.807) is 24.3 Å². The summed E-state index contributed by atoms with van der Waals surface area (Å²) >= 11 is 0. The molecule has 0 saturated carbocycles. The van der Waals surface area contributed by atoms with Crippen molar-refractivity contribution in [1.82, 2.24) is 9.97 Å². The van der Waals surface area contributed by atoms with Gasteiger partial charge in [0, 0.05) is 23.5 Å². The number of nitrogens with one attached hydrogen (secondary N) is 2. The molecule has 0 radical (unpaired) electrons. The van der Waals surface area contributed by atoms with Crippen molar-refractivity contribution in [3.05, 3.63) is 77.8 Å². The average Bonchev–Trinajstić information content (AvgIpc) is 2.65. The number of amides is 1. The fourth-order valence-corrected chi connectivity index (χ4v) is 2.13. The summed E-state index contributed by atoms with van der Waals surface area (Å²) in [5.74, 6) is -2.33. The normalized spacial score (nSPS) is 10.0. The van der Waals surface area contributed by atoms with Crippen molar-refractivity contribution in [2.45, 2.75) is 0 Å². The lowest BCUT2D eigenvalue weighted by molar-refractivity contribution is 0.102. The Kier molecular flexibility index (Phi) is 4.80. The number of halogens is 2. The lowest BCUT2D eigenvalue weighted by atomic mass is 10.2. The molecule has 0 fully saturated rings. The van der Waals surface area contributed by atoms with E-state index in [1.165, 1.54) is 18.5 Å². The number of benzene rings is 2. The molecule has 2 N–H and O–H groups in total. The minimum atomic E-state index is -1.06. The topological polar surface area (TPSA) is 90.7 Å². The zero-order valence-corrected chi connectivity index (χ0v) is 13.2. The SMILES string of the molecule is N#Cc1cccc(Nc2cc(C(=O)Nc3ccc(F)c(F)c3)ncn2)c1. The van der Waals surface area contributed by atoms with Gasteiger partial charge in [-0.1, -0.05) is 6.07 Å². The molecule has 0 spiro atoms. The Morgan fingerprint density at radius 1 is 1.00 bits per heavy atom. The summed E-state index contributed by atoms with van der Waals surface area (Å²) < 4.78 is 26.2. The number of anilines is 3. The van der Waals surface area contributed by atoms with Crippen molar-refractivity contribution in [3.8, 4) is 6.07 Å². The Labute approximate surface area is 147 Å². The van der Waals surface area contributed by atoms with E-state index >= 15 is 0 Å². The molecule has 0 aliphatic carbocycles. The van der Waals surface area contributed by atoms with Crippen LogP contribution in [0.15, 0.2) is 54.9 Å². The van der Waals surface area contributed by atoms with Crippen molar-refractivity contribution >= 4 is 23.1 Å². The number of rotatable bonds is 4. The molecular formula is C18H11F2N5O. The molecule has 2 aromatic carbocycles. The Hall–Kier alpha value is -3.86. The molecule has 0 atom stereocenters. The van der Waals surface area contributed by atoms with E-state index in [0.717, 1.165) is 12.1 Å². The van der Waals surface area contributed by atoms with Crippen molar-refractivity contribution in [1.29, 1.82) is 5.26 Å². The van der Waals surface area contributed by atoms with Crippen LogP contribution in [-0.2, 0) is 0 Å². The predicted octanol–water partition coefficient (Wildman–Crippen LogP) is 3.62. The van der Waals surface area contributed by atoms with Gasteiger partial charge in [-0.25, -0.2) is 18.7 Å². The second-order valence-electron chi connectivity index (χ2n) is 5.19. The number of carbonyl (C=O) groups is 1. The van der Waals surface area contributed by atoms with Crippen LogP contribution in [0, 0.1) is 23.0 Å². The average molecular weight is 351 g/mol. The third kappa shape index (κ3) is 3.96. The van der Waals surface area contributed by atoms with E-state index in [4.69, 9.17) is 5.26 Å². The molecule has 1 aromatic heterocycles. The maximum absolute atomic E-state index is 13.2. The molecule has 3 aromatic rings. The number of aromatic nitrogens is 2. The molecule has 1 heterocycles. The summed E-state index contributed by atoms with van der Waals surface area (Å²) in [5.41, 5.74) is 1.22. The monoisotopic (exact) mass is 351 g/mol. The largest absolute Gasteiger partial charge is 0.340 e. The zero-order chi connectivity index (χ0) is 18.5. The maximum Gasteiger partial charge on any atom is 0.274 e. The molecule has 0 unspecified atom stereocenters. The predicted molar refractivity (Wildman–Crippen MR) is 90.8 cm³/mol. The van der Waals surface area contributed by atoms with Gasteiger partial charge in [0.2, 0.25) is 0 Å². The highest BCUT2D eigenvalue weighted by Crippen LogP contribution is 2.17. The van der Waals surface area contributed by atoms with Gasteiger partial charge in [0.25, 0.3) is 5.91 Å². The smallest absolute Gasteiger partial charge is 0.274 e. The fourth-order valence-electron chi connectivity index (χ4n) is 2.13. The number of carbonyl (C=O) groups excluding carboxylic acids is 1. The molecule has 1 amide bonds. The van der Waals surface area contributed by atoms with Gasteiger partial charge in [0.05, 0.1) is 11.6 Å². The van der Waals surface area contributed by atoms with Gasteiger partial charge in [-0.15, -0.1) is 0 Å². The van der Waals surface area contributed by atoms with E-state index in [2.05, 4.69) is 20.6 Å². The van der Waals surface area contributed by atoms with E-state index < -0.39 is 17.5 Å². The van der Waals surface area contributed by atoms with Gasteiger partial charge in [0.1, 0.15) is 17.8 Å². The molecule has 0 aliphatic rings. The second-order valence-corrected chi connectivity index (χ2v) is 5.19. The summed E-state index contributed by atoms with van der Waals surface area (Å²) in [6, 6.07) is 13.2. The highest BCUT2D eigenvalue weighted by molar-refractivity contribution is 6.03. The minimum Gasteiger partial charge on any atom is -0.340 e. The number of nitriles is 1. The highest BCUT2D eigenvalue weighted by Gasteiger charge is 2.11. The first-order chi connectivity index (χ1) is 12.5. The lowest BCUT2D eigenvalue weighted by Gasteiger charge is -2.08. The Balaban J connectivity index is 1.76. The Bertz CT molecular complexity index is 1020. The molecule has 8 heteroatoms. The molecule has 6 nitrogen and oxygen atoms in total. The number of hydrogen-bond donors (Lipinski definition) is 2. The summed E-state index contributed by atoms with van der Waals surface area (Å²) in [7, 11) is 0. The van der Waals surface area contributed by atoms with Crippen LogP contribution in [0.3, 0.4) is 0 Å². The van der Waals surface area contributed by atoms with Crippen LogP contribution >= 0.6 is 0 Å². The molecule has 0 bridgehead atoms. The van der Waals surface area contributed by atoms with Gasteiger partial charge in [-0.2, -0.15) is 5.26 Å². The van der Waals surface area contributed by atoms with Gasteiger partial charge >= 0.3 is 0 Å². The van der Waals surface area contributed by atoms with Gasteiger partial charge < -0.3 is 10.6 Å². The van der Waals surface area contributed by atoms with Gasteiger partial charge in [-0.05, 0) is 30.3 Å². The number of hydrogen-bond acceptors (Lipinski definition) is 5. The Morgan fingerprint density at radius 3 is 2.62 bits per heavy atom. The zero-order valence-electron chi connectivity index (χ0n) is 13.2. The van der Waals surface area contributed by atoms with Gasteiger partial charge in [-0.3, -0.25) is 4.79 Å². The molecule has 0 aliphatic heterocycles. The van der Waals surface area contributed by atoms with Crippen LogP contribution in [0.25, 0.3) is 0 Å². The third-order valence-electron chi connectivity index (χ3n) is 3.34. The van der Waals surface area contributed by atoms with E-state index in [9.17, 15) is 13.6 Å². The van der Waals surface area contributed by atoms with Crippen molar-refractivity contribution in [2.75, 3.05) is 10.6 Å². The molecule has 128 valence electrons. The lowest BCUT2D eigenvalue weighted by Crippen LogP contribution is -2.14. The Morgan fingerprint density at radius 2 is 1.85 bits per heavy atom. The van der Waals surface area contributed by atoms with Crippen LogP contribution < -0.4 is 10.6 Å². The first-order valence-corrected chi connectivity index (χ1v) is 7.41.